The summed E-state index contributed by atoms with van der Waals surface area (Å²) in [5, 5.41) is 0.608. The van der Waals surface area contributed by atoms with E-state index in [1.807, 2.05) is 30.9 Å². The van der Waals surface area contributed by atoms with Crippen LogP contribution >= 0.6 is 11.6 Å². The first-order valence-electron chi connectivity index (χ1n) is 10.8. The molecule has 1 N–H and O–H groups in total. The number of rotatable bonds is 8. The third kappa shape index (κ3) is 6.88. The Balaban J connectivity index is 1.80. The smallest absolute Gasteiger partial charge is 0.208 e. The summed E-state index contributed by atoms with van der Waals surface area (Å²) in [6.45, 7) is 5.93. The van der Waals surface area contributed by atoms with Gasteiger partial charge in [-0.15, -0.1) is 0 Å². The van der Waals surface area contributed by atoms with Crippen LogP contribution in [-0.2, 0) is 21.4 Å². The second kappa shape index (κ2) is 10.8. The second-order valence-electron chi connectivity index (χ2n) is 8.59. The number of piperazine rings is 1. The molecule has 1 unspecified atom stereocenters. The Morgan fingerprint density at radius 1 is 1.15 bits per heavy atom. The molecule has 3 rings (SSSR count). The van der Waals surface area contributed by atoms with Gasteiger partial charge in [-0.25, -0.2) is 22.3 Å². The Morgan fingerprint density at radius 2 is 1.79 bits per heavy atom. The molecule has 1 fully saturated rings. The minimum Gasteiger partial charge on any atom is -0.356 e. The highest BCUT2D eigenvalue weighted by molar-refractivity contribution is 7.88. The Labute approximate surface area is 200 Å². The summed E-state index contributed by atoms with van der Waals surface area (Å²) in [4.78, 5) is 16.2. The van der Waals surface area contributed by atoms with Gasteiger partial charge < -0.3 is 4.90 Å². The summed E-state index contributed by atoms with van der Waals surface area (Å²) in [5.74, 6) is 1.69. The van der Waals surface area contributed by atoms with Crippen molar-refractivity contribution in [3.63, 3.8) is 0 Å². The Hall–Kier alpha value is -2.22. The van der Waals surface area contributed by atoms with Crippen molar-refractivity contribution >= 4 is 27.6 Å². The number of nitrogens with zero attached hydrogens (tertiary/aromatic N) is 2. The van der Waals surface area contributed by atoms with Crippen LogP contribution in [0.3, 0.4) is 0 Å². The first-order valence-corrected chi connectivity index (χ1v) is 13.0. The normalized spacial score (nSPS) is 20.5. The second-order valence-corrected chi connectivity index (χ2v) is 10.9. The van der Waals surface area contributed by atoms with Gasteiger partial charge >= 0.3 is 0 Å². The van der Waals surface area contributed by atoms with Crippen molar-refractivity contribution < 1.29 is 17.6 Å². The molecule has 6 nitrogen and oxygen atoms in total. The van der Waals surface area contributed by atoms with Gasteiger partial charge in [0.2, 0.25) is 10.0 Å². The number of hydrogen-bond donors (Lipinski definition) is 1. The monoisotopic (exact) mass is 493 g/mol. The van der Waals surface area contributed by atoms with Crippen molar-refractivity contribution in [2.45, 2.75) is 38.4 Å². The molecule has 178 valence electrons. The molecule has 0 aliphatic carbocycles. The topological polar surface area (TPSA) is 69.7 Å². The lowest BCUT2D eigenvalue weighted by molar-refractivity contribution is 0.0785. The molecule has 9 heteroatoms. The van der Waals surface area contributed by atoms with E-state index in [2.05, 4.69) is 15.6 Å². The van der Waals surface area contributed by atoms with E-state index >= 15 is 0 Å². The average molecular weight is 494 g/mol. The van der Waals surface area contributed by atoms with Gasteiger partial charge in [-0.3, -0.25) is 4.90 Å². The van der Waals surface area contributed by atoms with Crippen LogP contribution in [0.4, 0.5) is 4.39 Å². The van der Waals surface area contributed by atoms with Gasteiger partial charge in [0.15, 0.2) is 0 Å². The molecule has 1 aliphatic rings. The molecule has 0 amide bonds. The molecule has 0 spiro atoms. The largest absolute Gasteiger partial charge is 0.356 e. The maximum absolute atomic E-state index is 13.3. The van der Waals surface area contributed by atoms with Crippen LogP contribution in [0.15, 0.2) is 54.2 Å². The lowest BCUT2D eigenvalue weighted by atomic mass is 9.95. The van der Waals surface area contributed by atoms with Gasteiger partial charge in [0.25, 0.3) is 0 Å². The highest BCUT2D eigenvalue weighted by Gasteiger charge is 2.35. The van der Waals surface area contributed by atoms with Crippen molar-refractivity contribution in [1.29, 1.82) is 0 Å². The van der Waals surface area contributed by atoms with Crippen molar-refractivity contribution in [2.75, 3.05) is 25.9 Å². The van der Waals surface area contributed by atoms with E-state index in [9.17, 15) is 17.6 Å². The molecule has 33 heavy (non-hydrogen) atoms. The fourth-order valence-electron chi connectivity index (χ4n) is 4.21. The third-order valence-electron chi connectivity index (χ3n) is 6.04. The fraction of sp³-hybridized carbons (Fsp3) is 0.417. The maximum Gasteiger partial charge on any atom is 0.208 e. The molecular formula is C24H29ClFN3O3S. The quantitative estimate of drug-likeness (QED) is 0.571. The first-order chi connectivity index (χ1) is 15.6. The van der Waals surface area contributed by atoms with Gasteiger partial charge in [-0.2, -0.15) is 0 Å². The lowest BCUT2D eigenvalue weighted by Crippen LogP contribution is -2.55. The number of halogens is 2. The molecule has 1 aliphatic heterocycles. The van der Waals surface area contributed by atoms with Crippen LogP contribution in [0.2, 0.25) is 5.02 Å². The zero-order valence-electron chi connectivity index (χ0n) is 19.0. The molecule has 0 radical (unpaired) electrons. The zero-order valence-corrected chi connectivity index (χ0v) is 20.5. The summed E-state index contributed by atoms with van der Waals surface area (Å²) in [6.07, 6.45) is 1.14. The van der Waals surface area contributed by atoms with Gasteiger partial charge in [-0.1, -0.05) is 35.9 Å². The number of hydrogen-bond acceptors (Lipinski definition) is 5. The summed E-state index contributed by atoms with van der Waals surface area (Å²) in [6, 6.07) is 13.4. The van der Waals surface area contributed by atoms with Gasteiger partial charge in [0, 0.05) is 43.2 Å². The summed E-state index contributed by atoms with van der Waals surface area (Å²) >= 11 is 6.03. The first kappa shape index (κ1) is 25.4. The van der Waals surface area contributed by atoms with E-state index < -0.39 is 10.0 Å². The Bertz CT molecular complexity index is 1100. The number of benzene rings is 2. The van der Waals surface area contributed by atoms with Gasteiger partial charge in [0.1, 0.15) is 17.5 Å². The SMILES string of the molecule is C[C@@H]1C(=C=O)N(Cc2ccc(F)cc2)[C@@H](C)CN1CC(CNS(C)(=O)=O)c1ccc(Cl)cc1. The lowest BCUT2D eigenvalue weighted by Gasteiger charge is -2.46. The van der Waals surface area contributed by atoms with Crippen molar-refractivity contribution in [1.82, 2.24) is 14.5 Å². The van der Waals surface area contributed by atoms with Gasteiger partial charge in [-0.05, 0) is 49.2 Å². The average Bonchev–Trinajstić information content (AvgIpc) is 2.76. The number of nitrogens with one attached hydrogen (secondary N) is 1. The molecule has 0 bridgehead atoms. The predicted molar refractivity (Wildman–Crippen MR) is 129 cm³/mol. The summed E-state index contributed by atoms with van der Waals surface area (Å²) in [5.41, 5.74) is 2.40. The molecule has 1 saturated heterocycles. The summed E-state index contributed by atoms with van der Waals surface area (Å²) < 4.78 is 39.4. The van der Waals surface area contributed by atoms with Crippen LogP contribution < -0.4 is 4.72 Å². The highest BCUT2D eigenvalue weighted by Crippen LogP contribution is 2.28. The van der Waals surface area contributed by atoms with E-state index in [1.165, 1.54) is 12.1 Å². The van der Waals surface area contributed by atoms with Crippen molar-refractivity contribution in [3.8, 4) is 0 Å². The van der Waals surface area contributed by atoms with Crippen LogP contribution in [0.5, 0.6) is 0 Å². The highest BCUT2D eigenvalue weighted by atomic mass is 35.5. The van der Waals surface area contributed by atoms with E-state index in [0.717, 1.165) is 17.4 Å². The van der Waals surface area contributed by atoms with Crippen LogP contribution in [0.25, 0.3) is 0 Å². The van der Waals surface area contributed by atoms with Crippen LogP contribution in [-0.4, -0.2) is 62.1 Å². The van der Waals surface area contributed by atoms with E-state index in [4.69, 9.17) is 11.6 Å². The molecule has 3 atom stereocenters. The predicted octanol–water partition coefficient (Wildman–Crippen LogP) is 3.42. The Morgan fingerprint density at radius 3 is 2.36 bits per heavy atom. The fourth-order valence-corrected chi connectivity index (χ4v) is 4.84. The van der Waals surface area contributed by atoms with Gasteiger partial charge in [0.05, 0.1) is 12.3 Å². The van der Waals surface area contributed by atoms with Crippen molar-refractivity contribution in [2.24, 2.45) is 0 Å². The molecular weight excluding hydrogens is 465 g/mol. The molecule has 2 aromatic carbocycles. The van der Waals surface area contributed by atoms with E-state index in [1.54, 1.807) is 24.3 Å². The van der Waals surface area contributed by atoms with Crippen molar-refractivity contribution in [3.05, 3.63) is 76.2 Å². The number of carbonyl (C=O) groups excluding carboxylic acids is 1. The standard InChI is InChI=1S/C24H29ClFN3O3S/c1-17-13-28(15-21(12-27-33(3,31)32)20-6-8-22(25)9-7-20)18(2)24(16-30)29(17)14-19-4-10-23(26)11-5-19/h4-11,17-18,21,27H,12-15H2,1-3H3/t17-,18+,21?/m0/s1. The van der Waals surface area contributed by atoms with Crippen LogP contribution in [0, 0.1) is 5.82 Å². The Kier molecular flexibility index (Phi) is 8.32. The summed E-state index contributed by atoms with van der Waals surface area (Å²) in [7, 11) is -3.36. The van der Waals surface area contributed by atoms with E-state index in [0.29, 0.717) is 30.4 Å². The number of sulfonamides is 1. The van der Waals surface area contributed by atoms with E-state index in [-0.39, 0.29) is 30.4 Å². The molecule has 0 saturated carbocycles. The minimum atomic E-state index is -3.36. The third-order valence-corrected chi connectivity index (χ3v) is 6.99. The molecule has 1 heterocycles. The maximum atomic E-state index is 13.3. The minimum absolute atomic E-state index is 0.0106. The van der Waals surface area contributed by atoms with Crippen LogP contribution in [0.1, 0.15) is 30.9 Å². The molecule has 2 aromatic rings. The zero-order chi connectivity index (χ0) is 24.2. The molecule has 0 aromatic heterocycles.